The van der Waals surface area contributed by atoms with E-state index in [4.69, 9.17) is 4.74 Å². The molecule has 1 amide bonds. The van der Waals surface area contributed by atoms with Crippen molar-refractivity contribution in [2.75, 3.05) is 12.9 Å². The fraction of sp³-hybridized carbons (Fsp3) is 0.238. The first-order valence-electron chi connectivity index (χ1n) is 9.08. The van der Waals surface area contributed by atoms with E-state index in [9.17, 15) is 9.59 Å². The van der Waals surface area contributed by atoms with E-state index < -0.39 is 6.04 Å². The molecule has 0 radical (unpaired) electrons. The zero-order valence-corrected chi connectivity index (χ0v) is 17.1. The van der Waals surface area contributed by atoms with Crippen LogP contribution in [0.2, 0.25) is 0 Å². The summed E-state index contributed by atoms with van der Waals surface area (Å²) in [6.07, 6.45) is 2.05. The number of rotatable bonds is 9. The molecule has 0 fully saturated rings. The second-order valence-corrected chi connectivity index (χ2v) is 7.34. The molecule has 150 valence electrons. The highest BCUT2D eigenvalue weighted by atomic mass is 32.2. The third-order valence-corrected chi connectivity index (χ3v) is 5.23. The molecule has 3 aromatic rings. The van der Waals surface area contributed by atoms with E-state index in [0.717, 1.165) is 17.0 Å². The van der Waals surface area contributed by atoms with E-state index in [2.05, 4.69) is 15.5 Å². The molecule has 1 heterocycles. The monoisotopic (exact) mass is 410 g/mol. The Kier molecular flexibility index (Phi) is 7.02. The number of carbonyl (C=O) groups excluding carboxylic acids is 2. The van der Waals surface area contributed by atoms with Crippen LogP contribution < -0.4 is 10.1 Å². The summed E-state index contributed by atoms with van der Waals surface area (Å²) in [5.41, 5.74) is 1.83. The maximum atomic E-state index is 12.4. The van der Waals surface area contributed by atoms with E-state index in [0.29, 0.717) is 11.6 Å². The first kappa shape index (κ1) is 20.6. The first-order valence-corrected chi connectivity index (χ1v) is 10.1. The molecular formula is C21H22N4O3S. The van der Waals surface area contributed by atoms with Crippen molar-refractivity contribution in [3.05, 3.63) is 66.5 Å². The molecule has 3 rings (SSSR count). The van der Waals surface area contributed by atoms with Crippen molar-refractivity contribution in [3.63, 3.8) is 0 Å². The molecule has 1 N–H and O–H groups in total. The lowest BCUT2D eigenvalue weighted by Gasteiger charge is -2.16. The van der Waals surface area contributed by atoms with E-state index in [1.807, 2.05) is 54.6 Å². The molecule has 0 unspecified atom stereocenters. The van der Waals surface area contributed by atoms with Crippen molar-refractivity contribution in [3.8, 4) is 11.4 Å². The number of methoxy groups -OCH3 is 1. The standard InChI is InChI=1S/C21H22N4O3S/c1-15(26)19(11-16-7-4-3-5-8-16)23-20(27)13-29-21-24-22-14-25(21)17-9-6-10-18(12-17)28-2/h3-10,12,14,19H,11,13H2,1-2H3,(H,23,27)/t19-/m1/s1. The van der Waals surface area contributed by atoms with Gasteiger partial charge in [0.05, 0.1) is 24.6 Å². The largest absolute Gasteiger partial charge is 0.497 e. The molecule has 0 saturated carbocycles. The molecule has 0 aliphatic carbocycles. The Balaban J connectivity index is 1.62. The number of amides is 1. The van der Waals surface area contributed by atoms with E-state index in [-0.39, 0.29) is 17.4 Å². The quantitative estimate of drug-likeness (QED) is 0.546. The average molecular weight is 410 g/mol. The van der Waals surface area contributed by atoms with Crippen molar-refractivity contribution in [1.29, 1.82) is 0 Å². The number of carbonyl (C=O) groups is 2. The van der Waals surface area contributed by atoms with Crippen LogP contribution in [0.3, 0.4) is 0 Å². The lowest BCUT2D eigenvalue weighted by Crippen LogP contribution is -2.42. The summed E-state index contributed by atoms with van der Waals surface area (Å²) < 4.78 is 7.03. The number of hydrogen-bond donors (Lipinski definition) is 1. The summed E-state index contributed by atoms with van der Waals surface area (Å²) in [4.78, 5) is 24.4. The van der Waals surface area contributed by atoms with Gasteiger partial charge in [0.2, 0.25) is 5.91 Å². The fourth-order valence-electron chi connectivity index (χ4n) is 2.77. The van der Waals surface area contributed by atoms with Crippen LogP contribution in [-0.2, 0) is 16.0 Å². The highest BCUT2D eigenvalue weighted by Gasteiger charge is 2.18. The third kappa shape index (κ3) is 5.68. The Morgan fingerprint density at radius 1 is 1.17 bits per heavy atom. The van der Waals surface area contributed by atoms with Crippen molar-refractivity contribution < 1.29 is 14.3 Å². The van der Waals surface area contributed by atoms with Crippen molar-refractivity contribution >= 4 is 23.5 Å². The Morgan fingerprint density at radius 3 is 2.69 bits per heavy atom. The van der Waals surface area contributed by atoms with Gasteiger partial charge >= 0.3 is 0 Å². The van der Waals surface area contributed by atoms with Gasteiger partial charge in [0, 0.05) is 6.07 Å². The van der Waals surface area contributed by atoms with Crippen LogP contribution in [0.15, 0.2) is 66.1 Å². The lowest BCUT2D eigenvalue weighted by molar-refractivity contribution is -0.125. The third-order valence-electron chi connectivity index (χ3n) is 4.29. The Bertz CT molecular complexity index is 975. The number of benzene rings is 2. The van der Waals surface area contributed by atoms with Gasteiger partial charge in [-0.15, -0.1) is 10.2 Å². The SMILES string of the molecule is COc1cccc(-n2cnnc2SCC(=O)N[C@H](Cc2ccccc2)C(C)=O)c1. The Labute approximate surface area is 173 Å². The maximum Gasteiger partial charge on any atom is 0.231 e. The van der Waals surface area contributed by atoms with E-state index in [1.165, 1.54) is 18.7 Å². The maximum absolute atomic E-state index is 12.4. The predicted octanol–water partition coefficient (Wildman–Crippen LogP) is 2.68. The molecule has 1 aromatic heterocycles. The smallest absolute Gasteiger partial charge is 0.231 e. The van der Waals surface area contributed by atoms with Crippen LogP contribution in [0, 0.1) is 0 Å². The molecule has 0 saturated heterocycles. The zero-order chi connectivity index (χ0) is 20.6. The minimum absolute atomic E-state index is 0.0771. The fourth-order valence-corrected chi connectivity index (χ4v) is 3.51. The van der Waals surface area contributed by atoms with Gasteiger partial charge in [-0.1, -0.05) is 48.2 Å². The van der Waals surface area contributed by atoms with Crippen LogP contribution in [0.5, 0.6) is 5.75 Å². The zero-order valence-electron chi connectivity index (χ0n) is 16.2. The number of hydrogen-bond acceptors (Lipinski definition) is 6. The minimum atomic E-state index is -0.554. The number of aromatic nitrogens is 3. The number of nitrogens with zero attached hydrogens (tertiary/aromatic N) is 3. The van der Waals surface area contributed by atoms with Crippen LogP contribution in [-0.4, -0.2) is 45.4 Å². The Morgan fingerprint density at radius 2 is 1.97 bits per heavy atom. The van der Waals surface area contributed by atoms with Gasteiger partial charge in [-0.2, -0.15) is 0 Å². The summed E-state index contributed by atoms with van der Waals surface area (Å²) >= 11 is 1.26. The highest BCUT2D eigenvalue weighted by Crippen LogP contribution is 2.22. The van der Waals surface area contributed by atoms with Gasteiger partial charge in [-0.3, -0.25) is 14.2 Å². The number of Topliss-reactive ketones (excluding diaryl/α,β-unsaturated/α-hetero) is 1. The number of ether oxygens (including phenoxy) is 1. The molecule has 7 nitrogen and oxygen atoms in total. The van der Waals surface area contributed by atoms with E-state index >= 15 is 0 Å². The van der Waals surface area contributed by atoms with Gasteiger partial charge in [-0.25, -0.2) is 0 Å². The summed E-state index contributed by atoms with van der Waals surface area (Å²) in [6.45, 7) is 1.49. The van der Waals surface area contributed by atoms with Gasteiger partial charge in [0.15, 0.2) is 10.9 Å². The van der Waals surface area contributed by atoms with Crippen LogP contribution in [0.4, 0.5) is 0 Å². The molecule has 2 aromatic carbocycles. The minimum Gasteiger partial charge on any atom is -0.497 e. The van der Waals surface area contributed by atoms with Gasteiger partial charge in [0.25, 0.3) is 0 Å². The summed E-state index contributed by atoms with van der Waals surface area (Å²) in [5.74, 6) is 0.537. The topological polar surface area (TPSA) is 86.1 Å². The molecular weight excluding hydrogens is 388 g/mol. The molecule has 0 bridgehead atoms. The number of nitrogens with one attached hydrogen (secondary N) is 1. The van der Waals surface area contributed by atoms with E-state index in [1.54, 1.807) is 18.0 Å². The van der Waals surface area contributed by atoms with Crippen LogP contribution >= 0.6 is 11.8 Å². The summed E-state index contributed by atoms with van der Waals surface area (Å²) in [5, 5.41) is 11.4. The molecule has 0 spiro atoms. The van der Waals surface area contributed by atoms with Gasteiger partial charge in [0.1, 0.15) is 12.1 Å². The number of thioether (sulfide) groups is 1. The summed E-state index contributed by atoms with van der Waals surface area (Å²) in [6, 6.07) is 16.5. The molecule has 0 aliphatic rings. The Hall–Kier alpha value is -3.13. The predicted molar refractivity (Wildman–Crippen MR) is 111 cm³/mol. The van der Waals surface area contributed by atoms with Crippen LogP contribution in [0.1, 0.15) is 12.5 Å². The van der Waals surface area contributed by atoms with Crippen LogP contribution in [0.25, 0.3) is 5.69 Å². The molecule has 29 heavy (non-hydrogen) atoms. The molecule has 8 heteroatoms. The van der Waals surface area contributed by atoms with Crippen molar-refractivity contribution in [1.82, 2.24) is 20.1 Å². The lowest BCUT2D eigenvalue weighted by atomic mass is 10.0. The second kappa shape index (κ2) is 9.88. The molecule has 0 aliphatic heterocycles. The normalized spacial score (nSPS) is 11.7. The first-order chi connectivity index (χ1) is 14.1. The second-order valence-electron chi connectivity index (χ2n) is 6.39. The van der Waals surface area contributed by atoms with Gasteiger partial charge in [-0.05, 0) is 31.0 Å². The van der Waals surface area contributed by atoms with Gasteiger partial charge < -0.3 is 10.1 Å². The van der Waals surface area contributed by atoms with Crippen molar-refractivity contribution in [2.45, 2.75) is 24.5 Å². The molecule has 1 atom stereocenters. The number of ketones is 1. The van der Waals surface area contributed by atoms with Crippen molar-refractivity contribution in [2.24, 2.45) is 0 Å². The summed E-state index contributed by atoms with van der Waals surface area (Å²) in [7, 11) is 1.60. The average Bonchev–Trinajstić information content (AvgIpc) is 3.21. The highest BCUT2D eigenvalue weighted by molar-refractivity contribution is 7.99.